The highest BCUT2D eigenvalue weighted by Gasteiger charge is 2.16. The minimum Gasteiger partial charge on any atom is -0.345 e. The predicted molar refractivity (Wildman–Crippen MR) is 136 cm³/mol. The quantitative estimate of drug-likeness (QED) is 0.307. The number of aryl methyl sites for hydroxylation is 3. The first kappa shape index (κ1) is 24.7. The highest BCUT2D eigenvalue weighted by atomic mass is 79.9. The van der Waals surface area contributed by atoms with Gasteiger partial charge in [0.1, 0.15) is 0 Å². The zero-order valence-electron chi connectivity index (χ0n) is 18.8. The molecule has 0 fully saturated rings. The summed E-state index contributed by atoms with van der Waals surface area (Å²) in [5, 5.41) is 14.9. The van der Waals surface area contributed by atoms with Gasteiger partial charge >= 0.3 is 0 Å². The molecule has 7 nitrogen and oxygen atoms in total. The second-order valence-corrected chi connectivity index (χ2v) is 9.46. The number of allylic oxidation sites excluding steroid dienone is 1. The molecule has 9 heteroatoms. The summed E-state index contributed by atoms with van der Waals surface area (Å²) < 4.78 is 2.82. The number of hydrogen-bond acceptors (Lipinski definition) is 5. The lowest BCUT2D eigenvalue weighted by Crippen LogP contribution is -2.25. The van der Waals surface area contributed by atoms with Crippen LogP contribution in [0.25, 0.3) is 0 Å². The fourth-order valence-corrected chi connectivity index (χ4v) is 4.78. The van der Waals surface area contributed by atoms with E-state index in [9.17, 15) is 9.59 Å². The van der Waals surface area contributed by atoms with Crippen LogP contribution in [0.3, 0.4) is 0 Å². The monoisotopic (exact) mass is 527 g/mol. The van der Waals surface area contributed by atoms with Gasteiger partial charge in [-0.25, -0.2) is 0 Å². The van der Waals surface area contributed by atoms with E-state index in [4.69, 9.17) is 0 Å². The molecule has 1 aromatic heterocycles. The summed E-state index contributed by atoms with van der Waals surface area (Å²) in [5.41, 5.74) is 4.40. The third kappa shape index (κ3) is 6.55. The van der Waals surface area contributed by atoms with E-state index in [2.05, 4.69) is 43.3 Å². The lowest BCUT2D eigenvalue weighted by Gasteiger charge is -2.12. The van der Waals surface area contributed by atoms with E-state index in [1.807, 2.05) is 55.7 Å². The Kier molecular flexibility index (Phi) is 8.46. The van der Waals surface area contributed by atoms with E-state index in [1.165, 1.54) is 11.8 Å². The van der Waals surface area contributed by atoms with Crippen molar-refractivity contribution >= 4 is 45.2 Å². The van der Waals surface area contributed by atoms with Crippen LogP contribution in [-0.2, 0) is 17.9 Å². The zero-order valence-corrected chi connectivity index (χ0v) is 21.2. The molecule has 0 aliphatic heterocycles. The van der Waals surface area contributed by atoms with Crippen molar-refractivity contribution in [3.8, 4) is 0 Å². The van der Waals surface area contributed by atoms with Crippen LogP contribution < -0.4 is 10.6 Å². The number of anilines is 1. The highest BCUT2D eigenvalue weighted by molar-refractivity contribution is 9.10. The number of thioether (sulfide) groups is 1. The van der Waals surface area contributed by atoms with Crippen molar-refractivity contribution in [1.82, 2.24) is 20.1 Å². The molecule has 0 aliphatic rings. The number of carbonyl (C=O) groups excluding carboxylic acids is 2. The molecule has 0 bridgehead atoms. The molecule has 33 heavy (non-hydrogen) atoms. The van der Waals surface area contributed by atoms with Crippen LogP contribution >= 0.6 is 27.7 Å². The molecule has 0 aliphatic carbocycles. The van der Waals surface area contributed by atoms with Crippen molar-refractivity contribution in [2.75, 3.05) is 11.1 Å². The number of carbonyl (C=O) groups is 2. The first-order chi connectivity index (χ1) is 15.8. The number of amides is 2. The molecule has 2 aromatic carbocycles. The summed E-state index contributed by atoms with van der Waals surface area (Å²) in [5.74, 6) is 0.468. The van der Waals surface area contributed by atoms with Crippen LogP contribution in [0.1, 0.15) is 32.9 Å². The number of benzene rings is 2. The first-order valence-corrected chi connectivity index (χ1v) is 12.1. The topological polar surface area (TPSA) is 88.9 Å². The Hall–Kier alpha value is -2.91. The van der Waals surface area contributed by atoms with Gasteiger partial charge in [-0.15, -0.1) is 16.8 Å². The zero-order chi connectivity index (χ0) is 24.0. The summed E-state index contributed by atoms with van der Waals surface area (Å²) >= 11 is 4.76. The van der Waals surface area contributed by atoms with Crippen molar-refractivity contribution in [3.63, 3.8) is 0 Å². The summed E-state index contributed by atoms with van der Waals surface area (Å²) in [6, 6.07) is 11.3. The van der Waals surface area contributed by atoms with Gasteiger partial charge in [0.15, 0.2) is 11.0 Å². The van der Waals surface area contributed by atoms with Gasteiger partial charge in [-0.3, -0.25) is 9.59 Å². The largest absolute Gasteiger partial charge is 0.345 e. The predicted octanol–water partition coefficient (Wildman–Crippen LogP) is 4.81. The standard InChI is InChI=1S/C24H26BrN5O2S/c1-5-9-30-20(13-26-23(32)18-8-6-7-15(2)10-18)28-29-24(30)33-14-21(31)27-22-16(3)11-19(25)12-17(22)4/h5-8,10-12H,1,9,13-14H2,2-4H3,(H,26,32)(H,27,31). The van der Waals surface area contributed by atoms with Crippen molar-refractivity contribution in [3.05, 3.63) is 81.6 Å². The van der Waals surface area contributed by atoms with Crippen LogP contribution in [0.4, 0.5) is 5.69 Å². The van der Waals surface area contributed by atoms with E-state index in [0.717, 1.165) is 26.9 Å². The van der Waals surface area contributed by atoms with Crippen molar-refractivity contribution in [2.45, 2.75) is 39.0 Å². The van der Waals surface area contributed by atoms with E-state index < -0.39 is 0 Å². The molecule has 0 atom stereocenters. The number of rotatable bonds is 9. The normalized spacial score (nSPS) is 10.7. The Morgan fingerprint density at radius 1 is 1.15 bits per heavy atom. The fraction of sp³-hybridized carbons (Fsp3) is 0.250. The maximum absolute atomic E-state index is 12.6. The number of hydrogen-bond donors (Lipinski definition) is 2. The van der Waals surface area contributed by atoms with Crippen molar-refractivity contribution in [2.24, 2.45) is 0 Å². The highest BCUT2D eigenvalue weighted by Crippen LogP contribution is 2.26. The maximum Gasteiger partial charge on any atom is 0.251 e. The minimum absolute atomic E-state index is 0.129. The smallest absolute Gasteiger partial charge is 0.251 e. The Balaban J connectivity index is 1.64. The summed E-state index contributed by atoms with van der Waals surface area (Å²) in [6.45, 7) is 10.3. The second kappa shape index (κ2) is 11.3. The van der Waals surface area contributed by atoms with Gasteiger partial charge in [0.2, 0.25) is 5.91 Å². The van der Waals surface area contributed by atoms with E-state index in [0.29, 0.717) is 23.1 Å². The summed E-state index contributed by atoms with van der Waals surface area (Å²) in [7, 11) is 0. The molecule has 2 N–H and O–H groups in total. The van der Waals surface area contributed by atoms with Gasteiger partial charge in [0.25, 0.3) is 5.91 Å². The molecule has 3 aromatic rings. The summed E-state index contributed by atoms with van der Waals surface area (Å²) in [6.07, 6.45) is 1.73. The lowest BCUT2D eigenvalue weighted by molar-refractivity contribution is -0.113. The van der Waals surface area contributed by atoms with Crippen molar-refractivity contribution in [1.29, 1.82) is 0 Å². The van der Waals surface area contributed by atoms with E-state index >= 15 is 0 Å². The van der Waals surface area contributed by atoms with Gasteiger partial charge < -0.3 is 15.2 Å². The molecular weight excluding hydrogens is 502 g/mol. The van der Waals surface area contributed by atoms with Gasteiger partial charge in [-0.05, 0) is 56.2 Å². The third-order valence-corrected chi connectivity index (χ3v) is 6.31. The van der Waals surface area contributed by atoms with Gasteiger partial charge in [-0.2, -0.15) is 0 Å². The van der Waals surface area contributed by atoms with Crippen LogP contribution in [0.5, 0.6) is 0 Å². The van der Waals surface area contributed by atoms with E-state index in [1.54, 1.807) is 12.1 Å². The maximum atomic E-state index is 12.6. The fourth-order valence-electron chi connectivity index (χ4n) is 3.33. The Labute approximate surface area is 206 Å². The van der Waals surface area contributed by atoms with E-state index in [-0.39, 0.29) is 24.1 Å². The van der Waals surface area contributed by atoms with Gasteiger partial charge in [0.05, 0.1) is 12.3 Å². The molecule has 0 unspecified atom stereocenters. The molecule has 0 radical (unpaired) electrons. The first-order valence-electron chi connectivity index (χ1n) is 10.4. The molecule has 0 saturated heterocycles. The molecule has 3 rings (SSSR count). The van der Waals surface area contributed by atoms with Crippen molar-refractivity contribution < 1.29 is 9.59 Å². The number of halogens is 1. The molecule has 0 spiro atoms. The lowest BCUT2D eigenvalue weighted by atomic mass is 10.1. The molecule has 1 heterocycles. The molecular formula is C24H26BrN5O2S. The van der Waals surface area contributed by atoms with Crippen LogP contribution in [0.2, 0.25) is 0 Å². The minimum atomic E-state index is -0.180. The third-order valence-electron chi connectivity index (χ3n) is 4.89. The molecule has 0 saturated carbocycles. The number of nitrogens with one attached hydrogen (secondary N) is 2. The van der Waals surface area contributed by atoms with Crippen LogP contribution in [0, 0.1) is 20.8 Å². The number of aromatic nitrogens is 3. The summed E-state index contributed by atoms with van der Waals surface area (Å²) in [4.78, 5) is 25.0. The molecule has 2 amide bonds. The van der Waals surface area contributed by atoms with Gasteiger partial charge in [0, 0.05) is 22.3 Å². The van der Waals surface area contributed by atoms with Gasteiger partial charge in [-0.1, -0.05) is 51.5 Å². The van der Waals surface area contributed by atoms with Crippen LogP contribution in [-0.4, -0.2) is 32.3 Å². The average Bonchev–Trinajstić information content (AvgIpc) is 3.15. The average molecular weight is 528 g/mol. The number of nitrogens with zero attached hydrogens (tertiary/aromatic N) is 3. The Morgan fingerprint density at radius 3 is 2.55 bits per heavy atom. The second-order valence-electron chi connectivity index (χ2n) is 7.60. The Morgan fingerprint density at radius 2 is 1.88 bits per heavy atom. The van der Waals surface area contributed by atoms with Crippen LogP contribution in [0.15, 0.2) is 58.7 Å². The Bertz CT molecular complexity index is 1170. The molecule has 172 valence electrons. The SMILES string of the molecule is C=CCn1c(CNC(=O)c2cccc(C)c2)nnc1SCC(=O)Nc1c(C)cc(Br)cc1C.